The van der Waals surface area contributed by atoms with E-state index in [0.29, 0.717) is 11.1 Å². The molecule has 0 radical (unpaired) electrons. The zero-order valence-electron chi connectivity index (χ0n) is 5.84. The van der Waals surface area contributed by atoms with Gasteiger partial charge in [0.2, 0.25) is 0 Å². The van der Waals surface area contributed by atoms with Crippen LogP contribution < -0.4 is 5.73 Å². The van der Waals surface area contributed by atoms with Gasteiger partial charge >= 0.3 is 0 Å². The molecule has 0 saturated carbocycles. The van der Waals surface area contributed by atoms with Crippen LogP contribution in [0.5, 0.6) is 0 Å². The van der Waals surface area contributed by atoms with Crippen molar-refractivity contribution in [1.29, 1.82) is 0 Å². The van der Waals surface area contributed by atoms with E-state index in [1.165, 1.54) is 23.6 Å². The van der Waals surface area contributed by atoms with Crippen molar-refractivity contribution in [2.24, 2.45) is 0 Å². The monoisotopic (exact) mass is 294 g/mol. The minimum atomic E-state index is -0.344. The molecule has 5 heteroatoms. The summed E-state index contributed by atoms with van der Waals surface area (Å²) in [6, 6.07) is 1.41. The standard InChI is InChI=1S/C7H4FIN2S/c8-3-1-4-5(10)6(9)12-7(4)11-2-3/h1-2H,10H2. The van der Waals surface area contributed by atoms with Gasteiger partial charge in [0, 0.05) is 5.39 Å². The van der Waals surface area contributed by atoms with Crippen LogP contribution in [0.3, 0.4) is 0 Å². The first-order valence-corrected chi connectivity index (χ1v) is 5.07. The molecule has 0 aliphatic carbocycles. The number of thiophene rings is 1. The fourth-order valence-corrected chi connectivity index (χ4v) is 2.64. The normalized spacial score (nSPS) is 10.8. The summed E-state index contributed by atoms with van der Waals surface area (Å²) in [5, 5.41) is 0.712. The van der Waals surface area contributed by atoms with E-state index in [-0.39, 0.29) is 5.82 Å². The van der Waals surface area contributed by atoms with Crippen molar-refractivity contribution in [2.45, 2.75) is 0 Å². The van der Waals surface area contributed by atoms with E-state index in [1.807, 2.05) is 0 Å². The van der Waals surface area contributed by atoms with Gasteiger partial charge in [0.05, 0.1) is 14.8 Å². The first-order chi connectivity index (χ1) is 5.68. The maximum Gasteiger partial charge on any atom is 0.142 e. The molecule has 0 spiro atoms. The molecule has 0 saturated heterocycles. The van der Waals surface area contributed by atoms with Crippen molar-refractivity contribution in [2.75, 3.05) is 5.73 Å². The molecule has 12 heavy (non-hydrogen) atoms. The molecular weight excluding hydrogens is 290 g/mol. The fraction of sp³-hybridized carbons (Fsp3) is 0. The highest BCUT2D eigenvalue weighted by atomic mass is 127. The first-order valence-electron chi connectivity index (χ1n) is 3.17. The second kappa shape index (κ2) is 2.81. The molecule has 2 aromatic heterocycles. The maximum atomic E-state index is 12.7. The average molecular weight is 294 g/mol. The van der Waals surface area contributed by atoms with Gasteiger partial charge in [-0.1, -0.05) is 0 Å². The minimum Gasteiger partial charge on any atom is -0.397 e. The summed E-state index contributed by atoms with van der Waals surface area (Å²) in [5.74, 6) is -0.344. The van der Waals surface area contributed by atoms with Crippen LogP contribution in [0.25, 0.3) is 10.2 Å². The van der Waals surface area contributed by atoms with Crippen LogP contribution in [0.4, 0.5) is 10.1 Å². The van der Waals surface area contributed by atoms with Gasteiger partial charge < -0.3 is 5.73 Å². The zero-order valence-corrected chi connectivity index (χ0v) is 8.82. The van der Waals surface area contributed by atoms with Gasteiger partial charge in [-0.05, 0) is 28.7 Å². The van der Waals surface area contributed by atoms with Crippen LogP contribution in [0.1, 0.15) is 0 Å². The molecule has 62 valence electrons. The Balaban J connectivity index is 2.88. The smallest absolute Gasteiger partial charge is 0.142 e. The lowest BCUT2D eigenvalue weighted by Gasteiger charge is -1.90. The molecule has 0 fully saturated rings. The summed E-state index contributed by atoms with van der Waals surface area (Å²) >= 11 is 3.59. The summed E-state index contributed by atoms with van der Waals surface area (Å²) in [6.45, 7) is 0. The van der Waals surface area contributed by atoms with Gasteiger partial charge in [-0.15, -0.1) is 11.3 Å². The topological polar surface area (TPSA) is 38.9 Å². The maximum absolute atomic E-state index is 12.7. The Morgan fingerprint density at radius 2 is 2.33 bits per heavy atom. The molecule has 0 aliphatic heterocycles. The van der Waals surface area contributed by atoms with Gasteiger partial charge in [-0.2, -0.15) is 0 Å². The average Bonchev–Trinajstić information content (AvgIpc) is 2.31. The Labute approximate surface area is 85.7 Å². The minimum absolute atomic E-state index is 0.344. The van der Waals surface area contributed by atoms with Crippen molar-refractivity contribution < 1.29 is 4.39 Å². The molecule has 0 aliphatic rings. The van der Waals surface area contributed by atoms with Gasteiger partial charge in [0.25, 0.3) is 0 Å². The number of nitrogens with zero attached hydrogens (tertiary/aromatic N) is 1. The number of pyridine rings is 1. The summed E-state index contributed by atoms with van der Waals surface area (Å²) in [4.78, 5) is 4.71. The van der Waals surface area contributed by atoms with E-state index >= 15 is 0 Å². The number of halogens is 2. The number of nitrogen functional groups attached to an aromatic ring is 1. The van der Waals surface area contributed by atoms with E-state index in [9.17, 15) is 4.39 Å². The Morgan fingerprint density at radius 3 is 3.08 bits per heavy atom. The number of rotatable bonds is 0. The Kier molecular flexibility index (Phi) is 1.91. The molecule has 2 nitrogen and oxygen atoms in total. The second-order valence-corrected chi connectivity index (χ2v) is 5.11. The summed E-state index contributed by atoms with van der Waals surface area (Å²) in [5.41, 5.74) is 6.33. The number of aromatic nitrogens is 1. The van der Waals surface area contributed by atoms with Crippen molar-refractivity contribution in [3.05, 3.63) is 21.0 Å². The van der Waals surface area contributed by atoms with E-state index < -0.39 is 0 Å². The number of nitrogens with two attached hydrogens (primary N) is 1. The molecular formula is C7H4FIN2S. The molecule has 0 amide bonds. The third-order valence-corrected chi connectivity index (χ3v) is 3.67. The highest BCUT2D eigenvalue weighted by molar-refractivity contribution is 14.1. The van der Waals surface area contributed by atoms with Crippen molar-refractivity contribution in [3.63, 3.8) is 0 Å². The molecule has 2 rings (SSSR count). The van der Waals surface area contributed by atoms with Crippen molar-refractivity contribution in [3.8, 4) is 0 Å². The van der Waals surface area contributed by atoms with E-state index in [1.54, 1.807) is 0 Å². The second-order valence-electron chi connectivity index (χ2n) is 2.30. The highest BCUT2D eigenvalue weighted by Gasteiger charge is 2.08. The Morgan fingerprint density at radius 1 is 1.58 bits per heavy atom. The van der Waals surface area contributed by atoms with Gasteiger partial charge in [0.1, 0.15) is 10.6 Å². The number of hydrogen-bond donors (Lipinski definition) is 1. The molecule has 0 unspecified atom stereocenters. The summed E-state index contributed by atoms with van der Waals surface area (Å²) in [6.07, 6.45) is 1.20. The number of hydrogen-bond acceptors (Lipinski definition) is 3. The van der Waals surface area contributed by atoms with Crippen LogP contribution in [0, 0.1) is 8.70 Å². The Bertz CT molecular complexity index is 440. The van der Waals surface area contributed by atoms with Crippen molar-refractivity contribution >= 4 is 49.8 Å². The quantitative estimate of drug-likeness (QED) is 0.759. The summed E-state index contributed by atoms with van der Waals surface area (Å²) < 4.78 is 13.7. The largest absolute Gasteiger partial charge is 0.397 e. The Hall–Kier alpha value is -0.430. The van der Waals surface area contributed by atoms with Gasteiger partial charge in [-0.3, -0.25) is 0 Å². The zero-order chi connectivity index (χ0) is 8.72. The lowest BCUT2D eigenvalue weighted by atomic mass is 10.3. The molecule has 2 heterocycles. The van der Waals surface area contributed by atoms with Gasteiger partial charge in [0.15, 0.2) is 0 Å². The predicted molar refractivity (Wildman–Crippen MR) is 56.7 cm³/mol. The van der Waals surface area contributed by atoms with E-state index in [4.69, 9.17) is 5.73 Å². The highest BCUT2D eigenvalue weighted by Crippen LogP contribution is 2.33. The van der Waals surface area contributed by atoms with Gasteiger partial charge in [-0.25, -0.2) is 9.37 Å². The molecule has 2 aromatic rings. The third kappa shape index (κ3) is 1.16. The van der Waals surface area contributed by atoms with Crippen LogP contribution in [-0.4, -0.2) is 4.98 Å². The SMILES string of the molecule is Nc1c(I)sc2ncc(F)cc12. The number of fused-ring (bicyclic) bond motifs is 1. The van der Waals surface area contributed by atoms with Crippen molar-refractivity contribution in [1.82, 2.24) is 4.98 Å². The lowest BCUT2D eigenvalue weighted by Crippen LogP contribution is -1.84. The fourth-order valence-electron chi connectivity index (χ4n) is 0.947. The third-order valence-electron chi connectivity index (χ3n) is 1.51. The molecule has 2 N–H and O–H groups in total. The van der Waals surface area contributed by atoms with Crippen LogP contribution in [-0.2, 0) is 0 Å². The van der Waals surface area contributed by atoms with Crippen LogP contribution in [0.15, 0.2) is 12.3 Å². The van der Waals surface area contributed by atoms with E-state index in [2.05, 4.69) is 27.6 Å². The van der Waals surface area contributed by atoms with Crippen LogP contribution in [0.2, 0.25) is 0 Å². The molecule has 0 aromatic carbocycles. The molecule has 0 atom stereocenters. The summed E-state index contributed by atoms with van der Waals surface area (Å²) in [7, 11) is 0. The predicted octanol–water partition coefficient (Wildman–Crippen LogP) is 2.62. The van der Waals surface area contributed by atoms with Crippen LogP contribution >= 0.6 is 33.9 Å². The first kappa shape index (κ1) is 8.18. The molecule has 0 bridgehead atoms. The van der Waals surface area contributed by atoms with E-state index in [0.717, 1.165) is 7.71 Å². The number of anilines is 1. The lowest BCUT2D eigenvalue weighted by molar-refractivity contribution is 0.624.